The van der Waals surface area contributed by atoms with Crippen LogP contribution in [0.25, 0.3) is 0 Å². The second kappa shape index (κ2) is 6.53. The van der Waals surface area contributed by atoms with Gasteiger partial charge in [-0.05, 0) is 5.56 Å². The van der Waals surface area contributed by atoms with Gasteiger partial charge in [-0.2, -0.15) is 0 Å². The summed E-state index contributed by atoms with van der Waals surface area (Å²) in [6.07, 6.45) is 1.46. The lowest BCUT2D eigenvalue weighted by molar-refractivity contribution is 0.0995. The standard InChI is InChI=1S/C16H18N5O/c17-15(22)14-6-7-18-16(19-14)21-10-8-20(9-11-21)12-13-4-2-1-3-5-13/h1-5,7H,8-12H2,(H2,17,22). The van der Waals surface area contributed by atoms with Crippen LogP contribution in [0.3, 0.4) is 0 Å². The summed E-state index contributed by atoms with van der Waals surface area (Å²) in [7, 11) is 0. The number of primary amides is 1. The Morgan fingerprint density at radius 3 is 2.59 bits per heavy atom. The average molecular weight is 296 g/mol. The number of amides is 1. The highest BCUT2D eigenvalue weighted by Gasteiger charge is 2.19. The predicted molar refractivity (Wildman–Crippen MR) is 83.3 cm³/mol. The molecule has 0 bridgehead atoms. The van der Waals surface area contributed by atoms with Gasteiger partial charge in [0.15, 0.2) is 0 Å². The maximum Gasteiger partial charge on any atom is 0.268 e. The molecule has 0 atom stereocenters. The van der Waals surface area contributed by atoms with Crippen LogP contribution in [0.1, 0.15) is 16.1 Å². The SMILES string of the molecule is NC(=O)c1[c]cnc(N2CCN(Cc3ccccc3)CC2)n1. The number of nitrogens with zero attached hydrogens (tertiary/aromatic N) is 4. The summed E-state index contributed by atoms with van der Waals surface area (Å²) in [5.41, 5.74) is 6.69. The molecule has 2 N–H and O–H groups in total. The molecule has 0 unspecified atom stereocenters. The minimum absolute atomic E-state index is 0.136. The van der Waals surface area contributed by atoms with Crippen molar-refractivity contribution in [2.45, 2.75) is 6.54 Å². The third-order valence-corrected chi connectivity index (χ3v) is 3.73. The van der Waals surface area contributed by atoms with Crippen LogP contribution < -0.4 is 10.6 Å². The fraction of sp³-hybridized carbons (Fsp3) is 0.312. The maximum absolute atomic E-state index is 11.2. The highest BCUT2D eigenvalue weighted by atomic mass is 16.1. The number of benzene rings is 1. The zero-order valence-electron chi connectivity index (χ0n) is 12.3. The topological polar surface area (TPSA) is 75.4 Å². The molecule has 6 nitrogen and oxygen atoms in total. The van der Waals surface area contributed by atoms with E-state index in [-0.39, 0.29) is 5.69 Å². The van der Waals surface area contributed by atoms with Gasteiger partial charge in [-0.15, -0.1) is 0 Å². The summed E-state index contributed by atoms with van der Waals surface area (Å²) in [5, 5.41) is 0. The van der Waals surface area contributed by atoms with Gasteiger partial charge in [-0.3, -0.25) is 9.69 Å². The summed E-state index contributed by atoms with van der Waals surface area (Å²) in [6, 6.07) is 13.1. The van der Waals surface area contributed by atoms with E-state index in [2.05, 4.69) is 50.1 Å². The average Bonchev–Trinajstić information content (AvgIpc) is 2.56. The van der Waals surface area contributed by atoms with Crippen LogP contribution in [-0.4, -0.2) is 47.0 Å². The van der Waals surface area contributed by atoms with Gasteiger partial charge in [-0.25, -0.2) is 9.97 Å². The number of aromatic nitrogens is 2. The van der Waals surface area contributed by atoms with Crippen molar-refractivity contribution in [1.82, 2.24) is 14.9 Å². The minimum atomic E-state index is -0.577. The fourth-order valence-corrected chi connectivity index (χ4v) is 2.54. The lowest BCUT2D eigenvalue weighted by Crippen LogP contribution is -2.46. The quantitative estimate of drug-likeness (QED) is 0.899. The molecule has 0 aliphatic carbocycles. The van der Waals surface area contributed by atoms with Crippen LogP contribution in [0.4, 0.5) is 5.95 Å². The van der Waals surface area contributed by atoms with E-state index in [1.54, 1.807) is 0 Å². The van der Waals surface area contributed by atoms with E-state index in [0.29, 0.717) is 5.95 Å². The number of hydrogen-bond donors (Lipinski definition) is 1. The predicted octanol–water partition coefficient (Wildman–Crippen LogP) is 0.698. The van der Waals surface area contributed by atoms with E-state index < -0.39 is 5.91 Å². The van der Waals surface area contributed by atoms with Crippen molar-refractivity contribution in [1.29, 1.82) is 0 Å². The zero-order chi connectivity index (χ0) is 15.4. The second-order valence-electron chi connectivity index (χ2n) is 5.28. The van der Waals surface area contributed by atoms with E-state index in [0.717, 1.165) is 32.7 Å². The molecule has 1 aromatic carbocycles. The van der Waals surface area contributed by atoms with E-state index >= 15 is 0 Å². The molecule has 0 saturated carbocycles. The summed E-state index contributed by atoms with van der Waals surface area (Å²) >= 11 is 0. The van der Waals surface area contributed by atoms with E-state index in [1.807, 2.05) is 6.07 Å². The number of rotatable bonds is 4. The largest absolute Gasteiger partial charge is 0.364 e. The van der Waals surface area contributed by atoms with E-state index in [9.17, 15) is 4.79 Å². The Balaban J connectivity index is 1.60. The summed E-state index contributed by atoms with van der Waals surface area (Å²) in [4.78, 5) is 24.0. The Hall–Kier alpha value is -2.47. The van der Waals surface area contributed by atoms with Gasteiger partial charge in [0.2, 0.25) is 5.95 Å². The van der Waals surface area contributed by atoms with Gasteiger partial charge in [0.25, 0.3) is 5.91 Å². The molecular weight excluding hydrogens is 278 g/mol. The first kappa shape index (κ1) is 14.5. The van der Waals surface area contributed by atoms with Crippen LogP contribution in [-0.2, 0) is 6.54 Å². The van der Waals surface area contributed by atoms with Crippen molar-refractivity contribution in [3.05, 3.63) is 53.9 Å². The van der Waals surface area contributed by atoms with Crippen LogP contribution >= 0.6 is 0 Å². The second-order valence-corrected chi connectivity index (χ2v) is 5.28. The molecule has 1 aromatic heterocycles. The summed E-state index contributed by atoms with van der Waals surface area (Å²) in [6.45, 7) is 4.47. The molecule has 113 valence electrons. The molecule has 3 rings (SSSR count). The number of nitrogens with two attached hydrogens (primary N) is 1. The molecule has 22 heavy (non-hydrogen) atoms. The van der Waals surface area contributed by atoms with Gasteiger partial charge < -0.3 is 10.6 Å². The van der Waals surface area contributed by atoms with E-state index in [4.69, 9.17) is 5.73 Å². The Morgan fingerprint density at radius 1 is 1.18 bits per heavy atom. The molecule has 6 heteroatoms. The van der Waals surface area contributed by atoms with Crippen molar-refractivity contribution < 1.29 is 4.79 Å². The Labute approximate surface area is 129 Å². The summed E-state index contributed by atoms with van der Waals surface area (Å²) in [5.74, 6) is -0.0294. The van der Waals surface area contributed by atoms with Crippen molar-refractivity contribution in [2.75, 3.05) is 31.1 Å². The molecule has 2 aromatic rings. The van der Waals surface area contributed by atoms with Gasteiger partial charge in [0.1, 0.15) is 5.69 Å². The number of carbonyl (C=O) groups excluding carboxylic acids is 1. The molecule has 1 amide bonds. The van der Waals surface area contributed by atoms with Crippen LogP contribution in [0.5, 0.6) is 0 Å². The lowest BCUT2D eigenvalue weighted by Gasteiger charge is -2.34. The number of carbonyl (C=O) groups is 1. The number of piperazine rings is 1. The van der Waals surface area contributed by atoms with Gasteiger partial charge in [0.05, 0.1) is 0 Å². The van der Waals surface area contributed by atoms with Crippen molar-refractivity contribution in [3.8, 4) is 0 Å². The van der Waals surface area contributed by atoms with Crippen LogP contribution in [0, 0.1) is 6.07 Å². The minimum Gasteiger partial charge on any atom is -0.364 e. The molecule has 2 heterocycles. The van der Waals surface area contributed by atoms with E-state index in [1.165, 1.54) is 11.8 Å². The molecular formula is C16H18N5O. The maximum atomic E-state index is 11.2. The van der Waals surface area contributed by atoms with Crippen molar-refractivity contribution >= 4 is 11.9 Å². The highest BCUT2D eigenvalue weighted by molar-refractivity contribution is 5.90. The first-order valence-corrected chi connectivity index (χ1v) is 7.28. The smallest absolute Gasteiger partial charge is 0.268 e. The Kier molecular flexibility index (Phi) is 4.29. The normalized spacial score (nSPS) is 15.7. The number of hydrogen-bond acceptors (Lipinski definition) is 5. The Bertz CT molecular complexity index is 638. The number of anilines is 1. The first-order valence-electron chi connectivity index (χ1n) is 7.28. The third kappa shape index (κ3) is 3.40. The molecule has 1 saturated heterocycles. The van der Waals surface area contributed by atoms with Crippen molar-refractivity contribution in [2.24, 2.45) is 5.73 Å². The molecule has 1 radical (unpaired) electrons. The van der Waals surface area contributed by atoms with Crippen molar-refractivity contribution in [3.63, 3.8) is 0 Å². The van der Waals surface area contributed by atoms with Gasteiger partial charge in [-0.1, -0.05) is 30.3 Å². The summed E-state index contributed by atoms with van der Waals surface area (Å²) < 4.78 is 0. The monoisotopic (exact) mass is 296 g/mol. The molecule has 1 aliphatic rings. The fourth-order valence-electron chi connectivity index (χ4n) is 2.54. The highest BCUT2D eigenvalue weighted by Crippen LogP contribution is 2.13. The van der Waals surface area contributed by atoms with Crippen LogP contribution in [0.15, 0.2) is 36.5 Å². The van der Waals surface area contributed by atoms with Gasteiger partial charge in [0, 0.05) is 45.0 Å². The van der Waals surface area contributed by atoms with Crippen LogP contribution in [0.2, 0.25) is 0 Å². The third-order valence-electron chi connectivity index (χ3n) is 3.73. The first-order chi connectivity index (χ1) is 10.7. The Morgan fingerprint density at radius 2 is 1.91 bits per heavy atom. The lowest BCUT2D eigenvalue weighted by atomic mass is 10.2. The van der Waals surface area contributed by atoms with Gasteiger partial charge >= 0.3 is 0 Å². The molecule has 1 aliphatic heterocycles. The molecule has 1 fully saturated rings. The zero-order valence-corrected chi connectivity index (χ0v) is 12.3. The molecule has 0 spiro atoms.